The molecule has 0 aliphatic rings. The van der Waals surface area contributed by atoms with Crippen LogP contribution >= 0.6 is 0 Å². The van der Waals surface area contributed by atoms with E-state index < -0.39 is 0 Å². The summed E-state index contributed by atoms with van der Waals surface area (Å²) < 4.78 is 4.79. The topological polar surface area (TPSA) is 67.4 Å². The Hall–Kier alpha value is -1.10. The van der Waals surface area contributed by atoms with Crippen molar-refractivity contribution in [3.8, 4) is 0 Å². The third-order valence-electron chi connectivity index (χ3n) is 2.90. The normalized spacial score (nSPS) is 12.1. The van der Waals surface area contributed by atoms with Gasteiger partial charge in [-0.25, -0.2) is 0 Å². The molecule has 112 valence electrons. The zero-order chi connectivity index (χ0) is 15.1. The lowest BCUT2D eigenvalue weighted by atomic mass is 9.87. The van der Waals surface area contributed by atoms with Crippen molar-refractivity contribution in [2.24, 2.45) is 0 Å². The maximum Gasteiger partial charge on any atom is 0.306 e. The molecule has 0 spiro atoms. The zero-order valence-corrected chi connectivity index (χ0v) is 13.1. The Morgan fingerprint density at radius 3 is 2.11 bits per heavy atom. The minimum absolute atomic E-state index is 0.0576. The summed E-state index contributed by atoms with van der Waals surface area (Å²) in [5.41, 5.74) is -0.379. The van der Waals surface area contributed by atoms with Crippen molar-refractivity contribution in [2.45, 2.75) is 65.0 Å². The monoisotopic (exact) mass is 272 g/mol. The van der Waals surface area contributed by atoms with Crippen molar-refractivity contribution in [1.29, 1.82) is 0 Å². The average Bonchev–Trinajstić information content (AvgIpc) is 2.24. The number of ether oxygens (including phenoxy) is 1. The Balaban J connectivity index is 4.20. The molecule has 0 bridgehead atoms. The lowest BCUT2D eigenvalue weighted by Gasteiger charge is -2.35. The summed E-state index contributed by atoms with van der Waals surface area (Å²) in [5.74, 6) is -0.448. The zero-order valence-electron chi connectivity index (χ0n) is 13.1. The Kier molecular flexibility index (Phi) is 7.05. The Bertz CT molecular complexity index is 312. The van der Waals surface area contributed by atoms with Crippen molar-refractivity contribution in [3.63, 3.8) is 0 Å². The lowest BCUT2D eigenvalue weighted by molar-refractivity contribution is -0.144. The van der Waals surface area contributed by atoms with Gasteiger partial charge in [-0.2, -0.15) is 0 Å². The molecule has 0 aliphatic heterocycles. The van der Waals surface area contributed by atoms with E-state index >= 15 is 0 Å². The van der Waals surface area contributed by atoms with E-state index in [1.165, 1.54) is 0 Å². The summed E-state index contributed by atoms with van der Waals surface area (Å²) in [6.45, 7) is 10.2. The van der Waals surface area contributed by atoms with E-state index in [9.17, 15) is 9.59 Å². The van der Waals surface area contributed by atoms with Crippen LogP contribution in [0.3, 0.4) is 0 Å². The van der Waals surface area contributed by atoms with Crippen LogP contribution in [-0.4, -0.2) is 36.6 Å². The predicted octanol–water partition coefficient (Wildman–Crippen LogP) is 1.61. The molecule has 5 heteroatoms. The van der Waals surface area contributed by atoms with E-state index in [2.05, 4.69) is 24.5 Å². The van der Waals surface area contributed by atoms with E-state index in [1.807, 2.05) is 20.9 Å². The molecular weight excluding hydrogens is 244 g/mol. The number of esters is 1. The van der Waals surface area contributed by atoms with Gasteiger partial charge >= 0.3 is 5.97 Å². The molecule has 0 atom stereocenters. The maximum absolute atomic E-state index is 11.8. The van der Waals surface area contributed by atoms with Gasteiger partial charge in [0.2, 0.25) is 5.91 Å². The largest absolute Gasteiger partial charge is 0.466 e. The first-order valence-electron chi connectivity index (χ1n) is 6.77. The van der Waals surface area contributed by atoms with Gasteiger partial charge in [-0.1, -0.05) is 0 Å². The van der Waals surface area contributed by atoms with Gasteiger partial charge < -0.3 is 15.4 Å². The van der Waals surface area contributed by atoms with E-state index in [4.69, 9.17) is 4.74 Å². The Morgan fingerprint density at radius 1 is 1.05 bits per heavy atom. The fourth-order valence-electron chi connectivity index (χ4n) is 2.13. The van der Waals surface area contributed by atoms with Crippen LogP contribution in [0.5, 0.6) is 0 Å². The van der Waals surface area contributed by atoms with Crippen LogP contribution in [0.4, 0.5) is 0 Å². The summed E-state index contributed by atoms with van der Waals surface area (Å²) in [6.07, 6.45) is 1.09. The second-order valence-corrected chi connectivity index (χ2v) is 6.05. The highest BCUT2D eigenvalue weighted by molar-refractivity contribution is 5.81. The van der Waals surface area contributed by atoms with Gasteiger partial charge in [-0.05, 0) is 48.1 Å². The number of hydrogen-bond donors (Lipinski definition) is 2. The average molecular weight is 272 g/mol. The molecule has 0 saturated carbocycles. The number of carbonyl (C=O) groups is 2. The van der Waals surface area contributed by atoms with Gasteiger partial charge in [0.1, 0.15) is 0 Å². The molecule has 0 fully saturated rings. The van der Waals surface area contributed by atoms with Gasteiger partial charge in [0.05, 0.1) is 13.0 Å². The summed E-state index contributed by atoms with van der Waals surface area (Å²) in [6, 6.07) is 0. The van der Waals surface area contributed by atoms with Crippen molar-refractivity contribution in [3.05, 3.63) is 0 Å². The van der Waals surface area contributed by atoms with Gasteiger partial charge in [0.15, 0.2) is 0 Å². The fraction of sp³-hybridized carbons (Fsp3) is 0.857. The van der Waals surface area contributed by atoms with Crippen LogP contribution in [0.25, 0.3) is 0 Å². The third-order valence-corrected chi connectivity index (χ3v) is 2.90. The number of amides is 1. The van der Waals surface area contributed by atoms with E-state index in [1.54, 1.807) is 6.92 Å². The SMILES string of the molecule is CCOC(=O)CCC(=O)NC(C)(C)CC(C)(C)NC. The van der Waals surface area contributed by atoms with Crippen LogP contribution in [0.15, 0.2) is 0 Å². The molecule has 0 saturated heterocycles. The smallest absolute Gasteiger partial charge is 0.306 e. The highest BCUT2D eigenvalue weighted by Crippen LogP contribution is 2.19. The van der Waals surface area contributed by atoms with Crippen LogP contribution in [-0.2, 0) is 14.3 Å². The van der Waals surface area contributed by atoms with Gasteiger partial charge in [-0.3, -0.25) is 9.59 Å². The standard InChI is InChI=1S/C14H28N2O3/c1-7-19-12(18)9-8-11(17)16-14(4,5)10-13(2,3)15-6/h15H,7-10H2,1-6H3,(H,16,17). The van der Waals surface area contributed by atoms with Crippen LogP contribution in [0.2, 0.25) is 0 Å². The Labute approximate surface area is 116 Å². The third kappa shape index (κ3) is 8.59. The van der Waals surface area contributed by atoms with Crippen LogP contribution in [0, 0.1) is 0 Å². The number of hydrogen-bond acceptors (Lipinski definition) is 4. The number of rotatable bonds is 8. The molecule has 2 N–H and O–H groups in total. The minimum atomic E-state index is -0.328. The van der Waals surface area contributed by atoms with E-state index in [0.29, 0.717) is 6.61 Å². The van der Waals surface area contributed by atoms with Crippen molar-refractivity contribution < 1.29 is 14.3 Å². The Morgan fingerprint density at radius 2 is 1.63 bits per heavy atom. The molecule has 5 nitrogen and oxygen atoms in total. The van der Waals surface area contributed by atoms with Crippen molar-refractivity contribution in [2.75, 3.05) is 13.7 Å². The second-order valence-electron chi connectivity index (χ2n) is 6.05. The van der Waals surface area contributed by atoms with E-state index in [-0.39, 0.29) is 35.8 Å². The minimum Gasteiger partial charge on any atom is -0.466 e. The molecule has 0 aromatic heterocycles. The number of carbonyl (C=O) groups excluding carboxylic acids is 2. The highest BCUT2D eigenvalue weighted by atomic mass is 16.5. The van der Waals surface area contributed by atoms with Crippen molar-refractivity contribution in [1.82, 2.24) is 10.6 Å². The van der Waals surface area contributed by atoms with E-state index in [0.717, 1.165) is 6.42 Å². The first-order valence-corrected chi connectivity index (χ1v) is 6.77. The molecule has 1 amide bonds. The van der Waals surface area contributed by atoms with Crippen LogP contribution < -0.4 is 10.6 Å². The first kappa shape index (κ1) is 17.9. The molecule has 0 aliphatic carbocycles. The van der Waals surface area contributed by atoms with Crippen molar-refractivity contribution >= 4 is 11.9 Å². The molecular formula is C14H28N2O3. The summed E-state index contributed by atoms with van der Waals surface area (Å²) >= 11 is 0. The summed E-state index contributed by atoms with van der Waals surface area (Å²) in [4.78, 5) is 23.0. The van der Waals surface area contributed by atoms with Crippen LogP contribution in [0.1, 0.15) is 53.9 Å². The van der Waals surface area contributed by atoms with Gasteiger partial charge in [-0.15, -0.1) is 0 Å². The molecule has 0 heterocycles. The van der Waals surface area contributed by atoms with Gasteiger partial charge in [0.25, 0.3) is 0 Å². The molecule has 0 unspecified atom stereocenters. The molecule has 0 aromatic rings. The lowest BCUT2D eigenvalue weighted by Crippen LogP contribution is -2.51. The number of nitrogens with one attached hydrogen (secondary N) is 2. The molecule has 0 radical (unpaired) electrons. The summed E-state index contributed by atoms with van der Waals surface area (Å²) in [5, 5.41) is 6.17. The second kappa shape index (κ2) is 7.48. The highest BCUT2D eigenvalue weighted by Gasteiger charge is 2.28. The molecule has 0 rings (SSSR count). The fourth-order valence-corrected chi connectivity index (χ4v) is 2.13. The predicted molar refractivity (Wildman–Crippen MR) is 75.8 cm³/mol. The van der Waals surface area contributed by atoms with Gasteiger partial charge in [0, 0.05) is 17.5 Å². The quantitative estimate of drug-likeness (QED) is 0.659. The first-order chi connectivity index (χ1) is 8.62. The molecule has 19 heavy (non-hydrogen) atoms. The molecule has 0 aromatic carbocycles. The summed E-state index contributed by atoms with van der Waals surface area (Å²) in [7, 11) is 1.90. The maximum atomic E-state index is 11.8.